The molecule has 128 valence electrons. The fraction of sp³-hybridized carbons (Fsp3) is 0.647. The van der Waals surface area contributed by atoms with Crippen LogP contribution in [0.4, 0.5) is 0 Å². The number of carbonyl (C=O) groups excluding carboxylic acids is 1. The van der Waals surface area contributed by atoms with Gasteiger partial charge < -0.3 is 9.88 Å². The van der Waals surface area contributed by atoms with Gasteiger partial charge in [-0.2, -0.15) is 0 Å². The molecule has 2 heterocycles. The molecule has 6 nitrogen and oxygen atoms in total. The van der Waals surface area contributed by atoms with Crippen molar-refractivity contribution in [2.75, 3.05) is 0 Å². The summed E-state index contributed by atoms with van der Waals surface area (Å²) in [6, 6.07) is 0.536. The van der Waals surface area contributed by atoms with E-state index in [4.69, 9.17) is 0 Å². The van der Waals surface area contributed by atoms with Gasteiger partial charge in [-0.1, -0.05) is 20.8 Å². The van der Waals surface area contributed by atoms with E-state index in [-0.39, 0.29) is 11.3 Å². The van der Waals surface area contributed by atoms with Crippen molar-refractivity contribution in [3.05, 3.63) is 27.7 Å². The number of aromatic nitrogens is 4. The van der Waals surface area contributed by atoms with E-state index >= 15 is 0 Å². The Balaban J connectivity index is 1.45. The van der Waals surface area contributed by atoms with Crippen molar-refractivity contribution >= 4 is 17.2 Å². The maximum absolute atomic E-state index is 12.4. The van der Waals surface area contributed by atoms with Crippen LogP contribution in [0.1, 0.15) is 85.6 Å². The highest BCUT2D eigenvalue weighted by Gasteiger charge is 2.36. The molecule has 2 fully saturated rings. The van der Waals surface area contributed by atoms with Gasteiger partial charge in [0.2, 0.25) is 0 Å². The number of carbonyl (C=O) groups is 1. The van der Waals surface area contributed by atoms with Crippen molar-refractivity contribution in [3.63, 3.8) is 0 Å². The Bertz CT molecular complexity index is 764. The molecule has 1 amide bonds. The minimum Gasteiger partial charge on any atom is -0.343 e. The fourth-order valence-corrected chi connectivity index (χ4v) is 3.67. The third-order valence-corrected chi connectivity index (χ3v) is 5.70. The molecule has 2 aromatic heterocycles. The largest absolute Gasteiger partial charge is 0.343 e. The molecule has 2 saturated carbocycles. The SMILES string of the molecule is CC(C)(C)c1nc(C(=O)NCc2nnc(C3CC3)n2C2CC2)cs1. The fourth-order valence-electron chi connectivity index (χ4n) is 2.78. The van der Waals surface area contributed by atoms with E-state index in [1.54, 1.807) is 0 Å². The quantitative estimate of drug-likeness (QED) is 0.903. The van der Waals surface area contributed by atoms with Crippen LogP contribution in [-0.4, -0.2) is 25.7 Å². The number of nitrogens with zero attached hydrogens (tertiary/aromatic N) is 4. The Morgan fingerprint density at radius 3 is 2.62 bits per heavy atom. The molecule has 0 unspecified atom stereocenters. The van der Waals surface area contributed by atoms with Crippen molar-refractivity contribution in [2.45, 2.75) is 70.4 Å². The molecular weight excluding hydrogens is 322 g/mol. The molecular formula is C17H23N5OS. The minimum atomic E-state index is -0.139. The third-order valence-electron chi connectivity index (χ3n) is 4.43. The molecule has 0 bridgehead atoms. The number of nitrogens with one attached hydrogen (secondary N) is 1. The summed E-state index contributed by atoms with van der Waals surface area (Å²) in [5.74, 6) is 2.43. The van der Waals surface area contributed by atoms with E-state index in [1.165, 1.54) is 37.0 Å². The first-order valence-corrected chi connectivity index (χ1v) is 9.49. The second-order valence-electron chi connectivity index (χ2n) is 7.82. The van der Waals surface area contributed by atoms with Gasteiger partial charge in [0.25, 0.3) is 5.91 Å². The van der Waals surface area contributed by atoms with Crippen LogP contribution in [0.3, 0.4) is 0 Å². The van der Waals surface area contributed by atoms with E-state index in [9.17, 15) is 4.79 Å². The lowest BCUT2D eigenvalue weighted by atomic mass is 9.98. The highest BCUT2D eigenvalue weighted by molar-refractivity contribution is 7.10. The summed E-state index contributed by atoms with van der Waals surface area (Å²) in [5.41, 5.74) is 0.457. The van der Waals surface area contributed by atoms with Crippen LogP contribution in [0.5, 0.6) is 0 Å². The molecule has 0 saturated heterocycles. The van der Waals surface area contributed by atoms with Crippen molar-refractivity contribution in [1.29, 1.82) is 0 Å². The second kappa shape index (κ2) is 5.65. The lowest BCUT2D eigenvalue weighted by Gasteiger charge is -2.13. The zero-order valence-corrected chi connectivity index (χ0v) is 15.2. The van der Waals surface area contributed by atoms with Gasteiger partial charge in [0.15, 0.2) is 5.82 Å². The van der Waals surface area contributed by atoms with E-state index < -0.39 is 0 Å². The first-order chi connectivity index (χ1) is 11.4. The van der Waals surface area contributed by atoms with Crippen LogP contribution >= 0.6 is 11.3 Å². The summed E-state index contributed by atoms with van der Waals surface area (Å²) in [6.45, 7) is 6.72. The maximum atomic E-state index is 12.4. The Morgan fingerprint density at radius 2 is 2.04 bits per heavy atom. The molecule has 0 aromatic carbocycles. The molecule has 0 aliphatic heterocycles. The molecule has 2 aliphatic rings. The number of hydrogen-bond acceptors (Lipinski definition) is 5. The Labute approximate surface area is 145 Å². The Morgan fingerprint density at radius 1 is 1.29 bits per heavy atom. The van der Waals surface area contributed by atoms with Crippen molar-refractivity contribution in [2.24, 2.45) is 0 Å². The third kappa shape index (κ3) is 3.09. The summed E-state index contributed by atoms with van der Waals surface area (Å²) in [4.78, 5) is 16.9. The van der Waals surface area contributed by atoms with E-state index in [0.717, 1.165) is 16.7 Å². The molecule has 1 N–H and O–H groups in total. The van der Waals surface area contributed by atoms with Gasteiger partial charge in [-0.25, -0.2) is 4.98 Å². The highest BCUT2D eigenvalue weighted by Crippen LogP contribution is 2.44. The molecule has 24 heavy (non-hydrogen) atoms. The molecule has 2 aliphatic carbocycles. The Hall–Kier alpha value is -1.76. The average Bonchev–Trinajstić information content (AvgIpc) is 3.45. The molecule has 0 radical (unpaired) electrons. The van der Waals surface area contributed by atoms with Crippen molar-refractivity contribution < 1.29 is 4.79 Å². The number of amides is 1. The lowest BCUT2D eigenvalue weighted by molar-refractivity contribution is 0.0945. The highest BCUT2D eigenvalue weighted by atomic mass is 32.1. The van der Waals surface area contributed by atoms with Gasteiger partial charge in [-0.3, -0.25) is 4.79 Å². The number of rotatable bonds is 5. The first-order valence-electron chi connectivity index (χ1n) is 8.61. The monoisotopic (exact) mass is 345 g/mol. The minimum absolute atomic E-state index is 0.0332. The van der Waals surface area contributed by atoms with Gasteiger partial charge >= 0.3 is 0 Å². The Kier molecular flexibility index (Phi) is 3.71. The van der Waals surface area contributed by atoms with E-state index in [2.05, 4.69) is 45.8 Å². The van der Waals surface area contributed by atoms with Crippen LogP contribution in [-0.2, 0) is 12.0 Å². The predicted octanol–water partition coefficient (Wildman–Crippen LogP) is 3.17. The maximum Gasteiger partial charge on any atom is 0.271 e. The van der Waals surface area contributed by atoms with Gasteiger partial charge in [-0.05, 0) is 25.7 Å². The van der Waals surface area contributed by atoms with Crippen LogP contribution in [0.2, 0.25) is 0 Å². The second-order valence-corrected chi connectivity index (χ2v) is 8.68. The standard InChI is InChI=1S/C17H23N5OS/c1-17(2,3)16-19-12(9-24-16)15(23)18-8-13-20-21-14(10-4-5-10)22(13)11-6-7-11/h9-11H,4-8H2,1-3H3,(H,18,23). The normalized spacial score (nSPS) is 18.0. The number of hydrogen-bond donors (Lipinski definition) is 1. The van der Waals surface area contributed by atoms with Crippen molar-refractivity contribution in [1.82, 2.24) is 25.1 Å². The molecule has 7 heteroatoms. The van der Waals surface area contributed by atoms with Crippen LogP contribution in [0, 0.1) is 0 Å². The van der Waals surface area contributed by atoms with Crippen molar-refractivity contribution in [3.8, 4) is 0 Å². The van der Waals surface area contributed by atoms with Crippen LogP contribution < -0.4 is 5.32 Å². The zero-order valence-electron chi connectivity index (χ0n) is 14.4. The van der Waals surface area contributed by atoms with Gasteiger partial charge in [0.05, 0.1) is 11.6 Å². The van der Waals surface area contributed by atoms with E-state index in [1.807, 2.05) is 5.38 Å². The molecule has 0 atom stereocenters. The number of thiazole rings is 1. The summed E-state index contributed by atoms with van der Waals surface area (Å²) in [5, 5.41) is 14.5. The van der Waals surface area contributed by atoms with Crippen LogP contribution in [0.15, 0.2) is 5.38 Å². The summed E-state index contributed by atoms with van der Waals surface area (Å²) < 4.78 is 2.26. The zero-order chi connectivity index (χ0) is 16.9. The lowest BCUT2D eigenvalue weighted by Crippen LogP contribution is -2.25. The summed E-state index contributed by atoms with van der Waals surface area (Å²) in [6.07, 6.45) is 4.82. The van der Waals surface area contributed by atoms with Crippen LogP contribution in [0.25, 0.3) is 0 Å². The summed E-state index contributed by atoms with van der Waals surface area (Å²) in [7, 11) is 0. The average molecular weight is 345 g/mol. The molecule has 0 spiro atoms. The predicted molar refractivity (Wildman–Crippen MR) is 92.3 cm³/mol. The van der Waals surface area contributed by atoms with E-state index in [0.29, 0.717) is 24.2 Å². The van der Waals surface area contributed by atoms with Gasteiger partial charge in [0, 0.05) is 22.8 Å². The van der Waals surface area contributed by atoms with Gasteiger partial charge in [0.1, 0.15) is 11.5 Å². The molecule has 4 rings (SSSR count). The smallest absolute Gasteiger partial charge is 0.271 e. The summed E-state index contributed by atoms with van der Waals surface area (Å²) >= 11 is 1.54. The van der Waals surface area contributed by atoms with Gasteiger partial charge in [-0.15, -0.1) is 21.5 Å². The molecule has 2 aromatic rings. The topological polar surface area (TPSA) is 72.7 Å². The first kappa shape index (κ1) is 15.7.